The van der Waals surface area contributed by atoms with Gasteiger partial charge in [0, 0.05) is 30.9 Å². The standard InChI is InChI=1S/C21H19N3O2/c1-23(18-12-14-24(20(18)25)16-8-3-2-4-9-16)21(26)19-17-10-6-5-7-15(17)11-13-22-19/h2-11,13,18H,12,14H2,1H3/t18-/m0/s1. The monoisotopic (exact) mass is 345 g/mol. The highest BCUT2D eigenvalue weighted by molar-refractivity contribution is 6.08. The zero-order valence-corrected chi connectivity index (χ0v) is 14.5. The molecule has 0 N–H and O–H groups in total. The number of para-hydroxylation sites is 1. The highest BCUT2D eigenvalue weighted by Gasteiger charge is 2.37. The maximum Gasteiger partial charge on any atom is 0.273 e. The van der Waals surface area contributed by atoms with Crippen LogP contribution < -0.4 is 4.90 Å². The number of fused-ring (bicyclic) bond motifs is 1. The highest BCUT2D eigenvalue weighted by Crippen LogP contribution is 2.25. The quantitative estimate of drug-likeness (QED) is 0.733. The Bertz CT molecular complexity index is 966. The van der Waals surface area contributed by atoms with Gasteiger partial charge in [0.1, 0.15) is 11.7 Å². The lowest BCUT2D eigenvalue weighted by atomic mass is 10.1. The number of carbonyl (C=O) groups is 2. The molecule has 1 atom stereocenters. The van der Waals surface area contributed by atoms with Gasteiger partial charge < -0.3 is 9.80 Å². The van der Waals surface area contributed by atoms with Crippen LogP contribution in [0.1, 0.15) is 16.9 Å². The molecule has 0 spiro atoms. The second kappa shape index (κ2) is 6.59. The van der Waals surface area contributed by atoms with E-state index in [1.54, 1.807) is 18.1 Å². The first kappa shape index (κ1) is 16.3. The van der Waals surface area contributed by atoms with E-state index in [4.69, 9.17) is 0 Å². The van der Waals surface area contributed by atoms with Crippen molar-refractivity contribution in [3.05, 3.63) is 72.6 Å². The molecule has 2 heterocycles. The molecule has 0 saturated carbocycles. The molecule has 26 heavy (non-hydrogen) atoms. The van der Waals surface area contributed by atoms with Crippen LogP contribution in [0.5, 0.6) is 0 Å². The van der Waals surface area contributed by atoms with Crippen LogP contribution in [0.4, 0.5) is 5.69 Å². The lowest BCUT2D eigenvalue weighted by Crippen LogP contribution is -2.43. The second-order valence-electron chi connectivity index (χ2n) is 6.43. The predicted octanol–water partition coefficient (Wildman–Crippen LogP) is 3.11. The smallest absolute Gasteiger partial charge is 0.273 e. The number of rotatable bonds is 3. The van der Waals surface area contributed by atoms with E-state index in [9.17, 15) is 9.59 Å². The highest BCUT2D eigenvalue weighted by atomic mass is 16.2. The van der Waals surface area contributed by atoms with Gasteiger partial charge in [0.05, 0.1) is 0 Å². The van der Waals surface area contributed by atoms with Crippen molar-refractivity contribution in [2.24, 2.45) is 0 Å². The third kappa shape index (κ3) is 2.71. The molecule has 5 nitrogen and oxygen atoms in total. The maximum absolute atomic E-state index is 13.0. The fraction of sp³-hybridized carbons (Fsp3) is 0.190. The van der Waals surface area contributed by atoms with Gasteiger partial charge in [0.15, 0.2) is 0 Å². The van der Waals surface area contributed by atoms with E-state index in [0.717, 1.165) is 16.5 Å². The number of nitrogens with zero attached hydrogens (tertiary/aromatic N) is 3. The van der Waals surface area contributed by atoms with Crippen LogP contribution in [0.3, 0.4) is 0 Å². The Morgan fingerprint density at radius 2 is 1.81 bits per heavy atom. The van der Waals surface area contributed by atoms with Crippen molar-refractivity contribution in [1.29, 1.82) is 0 Å². The molecule has 0 unspecified atom stereocenters. The van der Waals surface area contributed by atoms with E-state index >= 15 is 0 Å². The normalized spacial score (nSPS) is 16.9. The van der Waals surface area contributed by atoms with Crippen molar-refractivity contribution in [3.8, 4) is 0 Å². The summed E-state index contributed by atoms with van der Waals surface area (Å²) in [7, 11) is 1.68. The molecule has 5 heteroatoms. The summed E-state index contributed by atoms with van der Waals surface area (Å²) in [5.41, 5.74) is 1.25. The first-order chi connectivity index (χ1) is 12.7. The molecule has 0 radical (unpaired) electrons. The fourth-order valence-electron chi connectivity index (χ4n) is 3.49. The number of anilines is 1. The average molecular weight is 345 g/mol. The van der Waals surface area contributed by atoms with Crippen molar-refractivity contribution < 1.29 is 9.59 Å². The van der Waals surface area contributed by atoms with Crippen LogP contribution in [-0.4, -0.2) is 41.3 Å². The number of pyridine rings is 1. The number of hydrogen-bond donors (Lipinski definition) is 0. The summed E-state index contributed by atoms with van der Waals surface area (Å²) in [6, 6.07) is 18.6. The van der Waals surface area contributed by atoms with Gasteiger partial charge in [0.2, 0.25) is 5.91 Å². The number of likely N-dealkylation sites (N-methyl/N-ethyl adjacent to an activating group) is 1. The molecule has 2 aromatic carbocycles. The average Bonchev–Trinajstić information content (AvgIpc) is 3.08. The Hall–Kier alpha value is -3.21. The van der Waals surface area contributed by atoms with Gasteiger partial charge in [-0.05, 0) is 30.0 Å². The molecule has 1 saturated heterocycles. The van der Waals surface area contributed by atoms with Gasteiger partial charge in [0.25, 0.3) is 5.91 Å². The summed E-state index contributed by atoms with van der Waals surface area (Å²) in [6.45, 7) is 0.605. The minimum absolute atomic E-state index is 0.0488. The van der Waals surface area contributed by atoms with Gasteiger partial charge in [-0.1, -0.05) is 42.5 Å². The van der Waals surface area contributed by atoms with Gasteiger partial charge in [-0.25, -0.2) is 0 Å². The summed E-state index contributed by atoms with van der Waals surface area (Å²) < 4.78 is 0. The lowest BCUT2D eigenvalue weighted by Gasteiger charge is -2.24. The van der Waals surface area contributed by atoms with Crippen LogP contribution in [0, 0.1) is 0 Å². The number of amides is 2. The Kier molecular flexibility index (Phi) is 4.13. The minimum Gasteiger partial charge on any atom is -0.328 e. The van der Waals surface area contributed by atoms with E-state index < -0.39 is 6.04 Å². The van der Waals surface area contributed by atoms with E-state index in [-0.39, 0.29) is 11.8 Å². The van der Waals surface area contributed by atoms with Gasteiger partial charge in [-0.15, -0.1) is 0 Å². The number of benzene rings is 2. The maximum atomic E-state index is 13.0. The van der Waals surface area contributed by atoms with Crippen LogP contribution in [0.25, 0.3) is 10.8 Å². The Balaban J connectivity index is 1.60. The third-order valence-corrected chi connectivity index (χ3v) is 4.91. The molecule has 2 amide bonds. The van der Waals surface area contributed by atoms with Crippen LogP contribution in [-0.2, 0) is 4.79 Å². The number of carbonyl (C=O) groups excluding carboxylic acids is 2. The molecule has 4 rings (SSSR count). The molecule has 3 aromatic rings. The van der Waals surface area contributed by atoms with Crippen molar-refractivity contribution in [2.45, 2.75) is 12.5 Å². The van der Waals surface area contributed by atoms with Gasteiger partial charge in [-0.3, -0.25) is 14.6 Å². The van der Waals surface area contributed by atoms with Crippen LogP contribution in [0.15, 0.2) is 66.9 Å². The Morgan fingerprint density at radius 1 is 1.08 bits per heavy atom. The zero-order chi connectivity index (χ0) is 18.1. The van der Waals surface area contributed by atoms with Crippen molar-refractivity contribution in [3.63, 3.8) is 0 Å². The molecule has 130 valence electrons. The molecule has 1 aliphatic rings. The molecule has 0 aliphatic carbocycles. The second-order valence-corrected chi connectivity index (χ2v) is 6.43. The van der Waals surface area contributed by atoms with E-state index in [0.29, 0.717) is 18.7 Å². The molecule has 1 aromatic heterocycles. The molecule has 0 bridgehead atoms. The van der Waals surface area contributed by atoms with Crippen molar-refractivity contribution in [2.75, 3.05) is 18.5 Å². The summed E-state index contributed by atoms with van der Waals surface area (Å²) in [6.07, 6.45) is 2.25. The van der Waals surface area contributed by atoms with Crippen LogP contribution >= 0.6 is 0 Å². The molecule has 1 fully saturated rings. The number of hydrogen-bond acceptors (Lipinski definition) is 3. The summed E-state index contributed by atoms with van der Waals surface area (Å²) in [5.74, 6) is -0.276. The summed E-state index contributed by atoms with van der Waals surface area (Å²) in [5, 5.41) is 1.76. The largest absolute Gasteiger partial charge is 0.328 e. The van der Waals surface area contributed by atoms with Crippen LogP contribution in [0.2, 0.25) is 0 Å². The summed E-state index contributed by atoms with van der Waals surface area (Å²) in [4.78, 5) is 33.4. The summed E-state index contributed by atoms with van der Waals surface area (Å²) >= 11 is 0. The lowest BCUT2D eigenvalue weighted by molar-refractivity contribution is -0.120. The van der Waals surface area contributed by atoms with Crippen molar-refractivity contribution >= 4 is 28.3 Å². The number of aromatic nitrogens is 1. The van der Waals surface area contributed by atoms with Crippen molar-refractivity contribution in [1.82, 2.24) is 9.88 Å². The fourth-order valence-corrected chi connectivity index (χ4v) is 3.49. The SMILES string of the molecule is CN(C(=O)c1nccc2ccccc12)[C@H]1CCN(c2ccccc2)C1=O. The predicted molar refractivity (Wildman–Crippen MR) is 101 cm³/mol. The Labute approximate surface area is 151 Å². The first-order valence-electron chi connectivity index (χ1n) is 8.64. The van der Waals surface area contributed by atoms with Gasteiger partial charge in [-0.2, -0.15) is 0 Å². The molecular weight excluding hydrogens is 326 g/mol. The zero-order valence-electron chi connectivity index (χ0n) is 14.5. The van der Waals surface area contributed by atoms with E-state index in [1.807, 2.05) is 60.7 Å². The van der Waals surface area contributed by atoms with E-state index in [2.05, 4.69) is 4.98 Å². The van der Waals surface area contributed by atoms with Gasteiger partial charge >= 0.3 is 0 Å². The minimum atomic E-state index is -0.469. The molecular formula is C21H19N3O2. The third-order valence-electron chi connectivity index (χ3n) is 4.91. The topological polar surface area (TPSA) is 53.5 Å². The Morgan fingerprint density at radius 3 is 2.62 bits per heavy atom. The van der Waals surface area contributed by atoms with E-state index in [1.165, 1.54) is 4.90 Å². The molecule has 1 aliphatic heterocycles. The first-order valence-corrected chi connectivity index (χ1v) is 8.64.